The highest BCUT2D eigenvalue weighted by atomic mass is 19.3. The predicted octanol–water partition coefficient (Wildman–Crippen LogP) is 2.47. The summed E-state index contributed by atoms with van der Waals surface area (Å²) in [5.41, 5.74) is 4.84. The first kappa shape index (κ1) is 16.1. The van der Waals surface area contributed by atoms with Crippen molar-refractivity contribution in [2.24, 2.45) is 17.6 Å². The van der Waals surface area contributed by atoms with Crippen LogP contribution in [0.3, 0.4) is 0 Å². The molecule has 1 rings (SSSR count). The first-order valence-electron chi connectivity index (χ1n) is 6.70. The smallest absolute Gasteiger partial charge is 0.410 e. The Morgan fingerprint density at radius 2 is 2.11 bits per heavy atom. The Hall–Kier alpha value is -0.910. The van der Waals surface area contributed by atoms with Crippen molar-refractivity contribution in [3.63, 3.8) is 0 Å². The van der Waals surface area contributed by atoms with Gasteiger partial charge in [0.15, 0.2) is 0 Å². The van der Waals surface area contributed by atoms with Gasteiger partial charge in [0.05, 0.1) is 0 Å². The molecule has 0 bridgehead atoms. The van der Waals surface area contributed by atoms with Crippen LogP contribution in [0.4, 0.5) is 13.6 Å². The summed E-state index contributed by atoms with van der Waals surface area (Å²) in [6, 6.07) is 0. The Bertz CT molecular complexity index is 306. The lowest BCUT2D eigenvalue weighted by Crippen LogP contribution is -2.46. The summed E-state index contributed by atoms with van der Waals surface area (Å²) in [5.74, 6) is -1.09. The van der Waals surface area contributed by atoms with Gasteiger partial charge in [-0.3, -0.25) is 0 Å². The quantitative estimate of drug-likeness (QED) is 0.863. The highest BCUT2D eigenvalue weighted by Crippen LogP contribution is 2.28. The van der Waals surface area contributed by atoms with E-state index < -0.39 is 24.0 Å². The van der Waals surface area contributed by atoms with Crippen LogP contribution in [-0.2, 0) is 4.74 Å². The molecule has 1 saturated heterocycles. The molecular formula is C13H24F2N2O2. The molecule has 2 N–H and O–H groups in total. The van der Waals surface area contributed by atoms with Crippen molar-refractivity contribution in [1.82, 2.24) is 4.90 Å². The normalized spacial score (nSPS) is 22.5. The van der Waals surface area contributed by atoms with Gasteiger partial charge >= 0.3 is 6.09 Å². The number of nitrogens with two attached hydrogens (primary N) is 1. The maximum Gasteiger partial charge on any atom is 0.410 e. The van der Waals surface area contributed by atoms with Gasteiger partial charge in [0.25, 0.3) is 0 Å². The van der Waals surface area contributed by atoms with Crippen LogP contribution in [0.15, 0.2) is 0 Å². The second kappa shape index (κ2) is 6.50. The van der Waals surface area contributed by atoms with Crippen molar-refractivity contribution in [2.45, 2.75) is 45.6 Å². The van der Waals surface area contributed by atoms with Crippen molar-refractivity contribution < 1.29 is 18.3 Å². The van der Waals surface area contributed by atoms with Crippen LogP contribution >= 0.6 is 0 Å². The summed E-state index contributed by atoms with van der Waals surface area (Å²) >= 11 is 0. The minimum atomic E-state index is -2.44. The average molecular weight is 278 g/mol. The van der Waals surface area contributed by atoms with Crippen LogP contribution in [0.25, 0.3) is 0 Å². The molecule has 0 aromatic rings. The number of piperidine rings is 1. The maximum absolute atomic E-state index is 12.9. The summed E-state index contributed by atoms with van der Waals surface area (Å²) in [6.07, 6.45) is -1.46. The fraction of sp³-hybridized carbons (Fsp3) is 0.923. The van der Waals surface area contributed by atoms with E-state index in [2.05, 4.69) is 0 Å². The number of likely N-dealkylation sites (tertiary alicyclic amines) is 1. The van der Waals surface area contributed by atoms with Gasteiger partial charge < -0.3 is 15.4 Å². The van der Waals surface area contributed by atoms with Crippen molar-refractivity contribution in [1.29, 1.82) is 0 Å². The monoisotopic (exact) mass is 278 g/mol. The molecule has 0 radical (unpaired) electrons. The zero-order valence-corrected chi connectivity index (χ0v) is 11.9. The molecule has 1 amide bonds. The summed E-state index contributed by atoms with van der Waals surface area (Å²) in [6.45, 7) is 6.17. The van der Waals surface area contributed by atoms with Crippen LogP contribution in [0.2, 0.25) is 0 Å². The van der Waals surface area contributed by atoms with Gasteiger partial charge in [0, 0.05) is 25.6 Å². The highest BCUT2D eigenvalue weighted by molar-refractivity contribution is 5.68. The van der Waals surface area contributed by atoms with Crippen LogP contribution in [0, 0.1) is 11.8 Å². The molecule has 0 saturated carbocycles. The third kappa shape index (κ3) is 4.93. The van der Waals surface area contributed by atoms with Crippen molar-refractivity contribution in [2.75, 3.05) is 19.6 Å². The maximum atomic E-state index is 12.9. The van der Waals surface area contributed by atoms with E-state index in [4.69, 9.17) is 10.5 Å². The van der Waals surface area contributed by atoms with E-state index in [0.717, 1.165) is 0 Å². The van der Waals surface area contributed by atoms with E-state index >= 15 is 0 Å². The molecule has 0 aromatic heterocycles. The van der Waals surface area contributed by atoms with E-state index in [1.165, 1.54) is 4.90 Å². The van der Waals surface area contributed by atoms with E-state index in [1.54, 1.807) is 20.8 Å². The fourth-order valence-electron chi connectivity index (χ4n) is 2.35. The third-order valence-electron chi connectivity index (χ3n) is 3.31. The largest absolute Gasteiger partial charge is 0.444 e. The molecular weight excluding hydrogens is 254 g/mol. The number of nitrogens with zero attached hydrogens (tertiary/aromatic N) is 1. The van der Waals surface area contributed by atoms with Gasteiger partial charge in [0.2, 0.25) is 6.43 Å². The topological polar surface area (TPSA) is 55.6 Å². The second-order valence-corrected chi connectivity index (χ2v) is 6.06. The standard InChI is InChI=1S/C13H24F2N2O2/c1-13(2,3)19-12(18)17-6-4-5-9(8-17)10(7-16)11(14)15/h9-11H,4-8,16H2,1-3H3. The van der Waals surface area contributed by atoms with E-state index in [9.17, 15) is 13.6 Å². The number of hydrogen-bond donors (Lipinski definition) is 1. The summed E-state index contributed by atoms with van der Waals surface area (Å²) in [7, 11) is 0. The molecule has 2 atom stereocenters. The first-order chi connectivity index (χ1) is 8.74. The Kier molecular flexibility index (Phi) is 5.52. The molecule has 0 aliphatic carbocycles. The lowest BCUT2D eigenvalue weighted by Gasteiger charge is -2.37. The average Bonchev–Trinajstić information content (AvgIpc) is 2.27. The number of ether oxygens (including phenoxy) is 1. The Morgan fingerprint density at radius 1 is 1.47 bits per heavy atom. The minimum Gasteiger partial charge on any atom is -0.444 e. The summed E-state index contributed by atoms with van der Waals surface area (Å²) in [5, 5.41) is 0. The van der Waals surface area contributed by atoms with Gasteiger partial charge in [-0.15, -0.1) is 0 Å². The van der Waals surface area contributed by atoms with E-state index in [1.807, 2.05) is 0 Å². The molecule has 4 nitrogen and oxygen atoms in total. The highest BCUT2D eigenvalue weighted by Gasteiger charge is 2.34. The summed E-state index contributed by atoms with van der Waals surface area (Å²) < 4.78 is 31.0. The van der Waals surface area contributed by atoms with Crippen LogP contribution in [-0.4, -0.2) is 42.7 Å². The third-order valence-corrected chi connectivity index (χ3v) is 3.31. The molecule has 6 heteroatoms. The van der Waals surface area contributed by atoms with Gasteiger partial charge in [-0.1, -0.05) is 0 Å². The van der Waals surface area contributed by atoms with Gasteiger partial charge in [-0.25, -0.2) is 13.6 Å². The molecule has 19 heavy (non-hydrogen) atoms. The van der Waals surface area contributed by atoms with Crippen LogP contribution in [0.5, 0.6) is 0 Å². The molecule has 1 aliphatic rings. The molecule has 0 spiro atoms. The van der Waals surface area contributed by atoms with Crippen molar-refractivity contribution in [3.05, 3.63) is 0 Å². The number of amides is 1. The number of hydrogen-bond acceptors (Lipinski definition) is 3. The van der Waals surface area contributed by atoms with Gasteiger partial charge in [-0.05, 0) is 39.5 Å². The molecule has 0 aromatic carbocycles. The number of carbonyl (C=O) groups excluding carboxylic acids is 1. The Labute approximate surface area is 113 Å². The van der Waals surface area contributed by atoms with Gasteiger partial charge in [0.1, 0.15) is 5.60 Å². The molecule has 1 aliphatic heterocycles. The van der Waals surface area contributed by atoms with Crippen molar-refractivity contribution >= 4 is 6.09 Å². The Morgan fingerprint density at radius 3 is 2.58 bits per heavy atom. The zero-order valence-electron chi connectivity index (χ0n) is 11.9. The minimum absolute atomic E-state index is 0.0511. The Balaban J connectivity index is 2.61. The van der Waals surface area contributed by atoms with Crippen molar-refractivity contribution in [3.8, 4) is 0 Å². The van der Waals surface area contributed by atoms with Crippen LogP contribution < -0.4 is 5.73 Å². The SMILES string of the molecule is CC(C)(C)OC(=O)N1CCCC(C(CN)C(F)F)C1. The number of rotatable bonds is 3. The number of carbonyl (C=O) groups is 1. The second-order valence-electron chi connectivity index (χ2n) is 6.06. The molecule has 2 unspecified atom stereocenters. The fourth-order valence-corrected chi connectivity index (χ4v) is 2.35. The van der Waals surface area contributed by atoms with Crippen LogP contribution in [0.1, 0.15) is 33.6 Å². The first-order valence-corrected chi connectivity index (χ1v) is 6.70. The van der Waals surface area contributed by atoms with E-state index in [-0.39, 0.29) is 12.5 Å². The zero-order chi connectivity index (χ0) is 14.6. The molecule has 112 valence electrons. The molecule has 1 heterocycles. The summed E-state index contributed by atoms with van der Waals surface area (Å²) in [4.78, 5) is 13.4. The number of halogens is 2. The number of alkyl halides is 2. The van der Waals surface area contributed by atoms with Gasteiger partial charge in [-0.2, -0.15) is 0 Å². The predicted molar refractivity (Wildman–Crippen MR) is 69.1 cm³/mol. The van der Waals surface area contributed by atoms with E-state index in [0.29, 0.717) is 25.9 Å². The lowest BCUT2D eigenvalue weighted by atomic mass is 9.86. The lowest BCUT2D eigenvalue weighted by molar-refractivity contribution is -0.00510. The molecule has 1 fully saturated rings.